The third-order valence-corrected chi connectivity index (χ3v) is 5.28. The van der Waals surface area contributed by atoms with Crippen LogP contribution in [0.4, 0.5) is 4.79 Å². The van der Waals surface area contributed by atoms with Gasteiger partial charge in [0.2, 0.25) is 11.8 Å². The van der Waals surface area contributed by atoms with E-state index in [-0.39, 0.29) is 5.91 Å². The minimum absolute atomic E-state index is 0.234. The van der Waals surface area contributed by atoms with E-state index in [4.69, 9.17) is 9.57 Å². The number of amides is 2. The summed E-state index contributed by atoms with van der Waals surface area (Å²) in [5.74, 6) is 1.19. The first-order chi connectivity index (χ1) is 12.1. The Morgan fingerprint density at radius 3 is 2.76 bits per heavy atom. The Bertz CT molecular complexity index is 522. The van der Waals surface area contributed by atoms with Crippen molar-refractivity contribution in [2.75, 3.05) is 19.6 Å². The van der Waals surface area contributed by atoms with Crippen molar-refractivity contribution >= 4 is 17.9 Å². The lowest BCUT2D eigenvalue weighted by molar-refractivity contribution is -0.137. The molecule has 2 aliphatic heterocycles. The molecule has 1 saturated heterocycles. The fraction of sp³-hybridized carbons (Fsp3) is 0.833. The molecule has 2 amide bonds. The maximum Gasteiger partial charge on any atom is 0.413 e. The van der Waals surface area contributed by atoms with Gasteiger partial charge in [-0.25, -0.2) is 4.79 Å². The summed E-state index contributed by atoms with van der Waals surface area (Å²) in [7, 11) is 0. The SMILES string of the molecule is CCCCCC(=O)N1CCC2(CC1)CC(OC(=O)NCC1CC1)=NO2. The standard InChI is InChI=1S/C18H29N3O4/c1-2-3-4-5-16(22)21-10-8-18(9-11-21)12-15(20-25-18)24-17(23)19-13-14-6-7-14/h14H,2-13H2,1H3,(H,19,23). The third-order valence-electron chi connectivity index (χ3n) is 5.28. The quantitative estimate of drug-likeness (QED) is 0.746. The number of hydrogen-bond acceptors (Lipinski definition) is 5. The second-order valence-electron chi connectivity index (χ2n) is 7.49. The van der Waals surface area contributed by atoms with Crippen molar-refractivity contribution in [1.82, 2.24) is 10.2 Å². The summed E-state index contributed by atoms with van der Waals surface area (Å²) in [6.07, 6.45) is 7.69. The van der Waals surface area contributed by atoms with Crippen LogP contribution in [-0.4, -0.2) is 48.0 Å². The summed E-state index contributed by atoms with van der Waals surface area (Å²) < 4.78 is 5.25. The van der Waals surface area contributed by atoms with Crippen LogP contribution < -0.4 is 5.32 Å². The van der Waals surface area contributed by atoms with Gasteiger partial charge in [0.25, 0.3) is 0 Å². The van der Waals surface area contributed by atoms with Gasteiger partial charge in [-0.1, -0.05) is 24.9 Å². The monoisotopic (exact) mass is 351 g/mol. The van der Waals surface area contributed by atoms with Crippen LogP contribution in [0.15, 0.2) is 5.16 Å². The van der Waals surface area contributed by atoms with Crippen molar-refractivity contribution in [2.45, 2.75) is 70.3 Å². The Labute approximate surface area is 149 Å². The minimum Gasteiger partial charge on any atom is -0.392 e. The van der Waals surface area contributed by atoms with Gasteiger partial charge in [-0.15, -0.1) is 0 Å². The van der Waals surface area contributed by atoms with Crippen LogP contribution >= 0.6 is 0 Å². The average Bonchev–Trinajstić information content (AvgIpc) is 3.36. The van der Waals surface area contributed by atoms with Crippen molar-refractivity contribution in [1.29, 1.82) is 0 Å². The summed E-state index contributed by atoms with van der Waals surface area (Å²) in [5.41, 5.74) is -0.410. The highest BCUT2D eigenvalue weighted by Crippen LogP contribution is 2.35. The maximum absolute atomic E-state index is 12.2. The lowest BCUT2D eigenvalue weighted by Gasteiger charge is -2.37. The van der Waals surface area contributed by atoms with Gasteiger partial charge in [0.15, 0.2) is 0 Å². The molecule has 3 aliphatic rings. The Morgan fingerprint density at radius 2 is 2.08 bits per heavy atom. The number of unbranched alkanes of at least 4 members (excludes halogenated alkanes) is 2. The van der Waals surface area contributed by atoms with Gasteiger partial charge in [-0.05, 0) is 25.2 Å². The Balaban J connectivity index is 1.37. The van der Waals surface area contributed by atoms with Gasteiger partial charge >= 0.3 is 6.09 Å². The molecule has 7 nitrogen and oxygen atoms in total. The van der Waals surface area contributed by atoms with Crippen LogP contribution in [0, 0.1) is 5.92 Å². The topological polar surface area (TPSA) is 80.2 Å². The zero-order valence-electron chi connectivity index (χ0n) is 15.1. The van der Waals surface area contributed by atoms with Crippen molar-refractivity contribution in [3.8, 4) is 0 Å². The van der Waals surface area contributed by atoms with Crippen molar-refractivity contribution in [3.05, 3.63) is 0 Å². The number of nitrogens with one attached hydrogen (secondary N) is 1. The number of rotatable bonds is 6. The maximum atomic E-state index is 12.2. The van der Waals surface area contributed by atoms with Crippen molar-refractivity contribution in [3.63, 3.8) is 0 Å². The lowest BCUT2D eigenvalue weighted by atomic mass is 9.88. The van der Waals surface area contributed by atoms with Crippen LogP contribution in [-0.2, 0) is 14.4 Å². The number of ether oxygens (including phenoxy) is 1. The number of hydrogen-bond donors (Lipinski definition) is 1. The van der Waals surface area contributed by atoms with E-state index in [0.717, 1.165) is 32.1 Å². The van der Waals surface area contributed by atoms with Crippen LogP contribution in [0.1, 0.15) is 64.7 Å². The van der Waals surface area contributed by atoms with Crippen LogP contribution in [0.25, 0.3) is 0 Å². The Morgan fingerprint density at radius 1 is 1.32 bits per heavy atom. The molecule has 0 aromatic carbocycles. The molecule has 1 saturated carbocycles. The number of likely N-dealkylation sites (tertiary alicyclic amines) is 1. The second kappa shape index (κ2) is 8.06. The Hall–Kier alpha value is -1.79. The minimum atomic E-state index is -0.449. The molecule has 3 rings (SSSR count). The van der Waals surface area contributed by atoms with E-state index < -0.39 is 11.7 Å². The predicted molar refractivity (Wildman–Crippen MR) is 93.0 cm³/mol. The van der Waals surface area contributed by atoms with Crippen molar-refractivity contribution < 1.29 is 19.2 Å². The molecular formula is C18H29N3O4. The molecule has 0 aromatic heterocycles. The summed E-state index contributed by atoms with van der Waals surface area (Å²) in [6.45, 7) is 4.18. The highest BCUT2D eigenvalue weighted by atomic mass is 16.7. The van der Waals surface area contributed by atoms with Gasteiger partial charge in [0.1, 0.15) is 5.60 Å². The van der Waals surface area contributed by atoms with Crippen LogP contribution in [0.3, 0.4) is 0 Å². The van der Waals surface area contributed by atoms with Gasteiger partial charge in [0, 0.05) is 38.9 Å². The summed E-state index contributed by atoms with van der Waals surface area (Å²) >= 11 is 0. The van der Waals surface area contributed by atoms with E-state index >= 15 is 0 Å². The number of carbonyl (C=O) groups is 2. The first-order valence-corrected chi connectivity index (χ1v) is 9.59. The molecule has 0 radical (unpaired) electrons. The number of oxime groups is 1. The Kier molecular flexibility index (Phi) is 5.81. The molecule has 1 aliphatic carbocycles. The number of piperidine rings is 1. The fourth-order valence-electron chi connectivity index (χ4n) is 3.35. The van der Waals surface area contributed by atoms with Gasteiger partial charge in [-0.2, -0.15) is 0 Å². The van der Waals surface area contributed by atoms with E-state index in [2.05, 4.69) is 17.4 Å². The molecule has 0 atom stereocenters. The van der Waals surface area contributed by atoms with Gasteiger partial charge in [0.05, 0.1) is 6.42 Å². The number of nitrogens with zero attached hydrogens (tertiary/aromatic N) is 2. The van der Waals surface area contributed by atoms with E-state index in [1.54, 1.807) is 0 Å². The first kappa shape index (κ1) is 18.0. The first-order valence-electron chi connectivity index (χ1n) is 9.59. The summed E-state index contributed by atoms with van der Waals surface area (Å²) in [6, 6.07) is 0. The summed E-state index contributed by atoms with van der Waals surface area (Å²) in [5, 5.41) is 6.71. The molecule has 0 aromatic rings. The lowest BCUT2D eigenvalue weighted by Crippen LogP contribution is -2.47. The molecular weight excluding hydrogens is 322 g/mol. The third kappa shape index (κ3) is 5.09. The smallest absolute Gasteiger partial charge is 0.392 e. The van der Waals surface area contributed by atoms with Crippen molar-refractivity contribution in [2.24, 2.45) is 11.1 Å². The van der Waals surface area contributed by atoms with Crippen LogP contribution in [0.5, 0.6) is 0 Å². The summed E-state index contributed by atoms with van der Waals surface area (Å²) in [4.78, 5) is 31.5. The highest BCUT2D eigenvalue weighted by molar-refractivity contribution is 5.89. The molecule has 1 N–H and O–H groups in total. The van der Waals surface area contributed by atoms with Gasteiger partial charge < -0.3 is 19.8 Å². The highest BCUT2D eigenvalue weighted by Gasteiger charge is 2.44. The zero-order valence-corrected chi connectivity index (χ0v) is 15.1. The largest absolute Gasteiger partial charge is 0.413 e. The number of carbonyl (C=O) groups excluding carboxylic acids is 2. The molecule has 2 fully saturated rings. The zero-order chi connectivity index (χ0) is 17.7. The second-order valence-corrected chi connectivity index (χ2v) is 7.49. The van der Waals surface area contributed by atoms with E-state index in [0.29, 0.717) is 44.3 Å². The average molecular weight is 351 g/mol. The number of alkyl carbamates (subject to hydrolysis) is 1. The molecule has 1 spiro atoms. The van der Waals surface area contributed by atoms with E-state index in [1.807, 2.05) is 4.90 Å². The normalized spacial score (nSPS) is 21.6. The van der Waals surface area contributed by atoms with Gasteiger partial charge in [-0.3, -0.25) is 4.79 Å². The molecule has 0 bridgehead atoms. The molecule has 7 heteroatoms. The van der Waals surface area contributed by atoms with E-state index in [1.165, 1.54) is 12.8 Å². The fourth-order valence-corrected chi connectivity index (χ4v) is 3.35. The van der Waals surface area contributed by atoms with E-state index in [9.17, 15) is 9.59 Å². The molecule has 140 valence electrons. The molecule has 2 heterocycles. The van der Waals surface area contributed by atoms with Crippen LogP contribution in [0.2, 0.25) is 0 Å². The molecule has 25 heavy (non-hydrogen) atoms. The predicted octanol–water partition coefficient (Wildman–Crippen LogP) is 2.80. The molecule has 0 unspecified atom stereocenters.